The van der Waals surface area contributed by atoms with Crippen LogP contribution in [0.25, 0.3) is 0 Å². The fourth-order valence-electron chi connectivity index (χ4n) is 0.939. The van der Waals surface area contributed by atoms with Crippen molar-refractivity contribution in [1.29, 1.82) is 0 Å². The molecular weight excluding hydrogens is 326 g/mol. The van der Waals surface area contributed by atoms with Crippen molar-refractivity contribution in [2.75, 3.05) is 0 Å². The molecular formula is C8H6Br2F2O2. The summed E-state index contributed by atoms with van der Waals surface area (Å²) >= 11 is 6.19. The predicted molar refractivity (Wildman–Crippen MR) is 54.4 cm³/mol. The number of aliphatic hydroxyl groups excluding tert-OH is 1. The van der Waals surface area contributed by atoms with E-state index in [0.717, 1.165) is 0 Å². The van der Waals surface area contributed by atoms with Gasteiger partial charge in [-0.15, -0.1) is 0 Å². The number of aliphatic hydroxyl groups is 1. The Balaban J connectivity index is 3.16. The lowest BCUT2D eigenvalue weighted by Gasteiger charge is -2.12. The Morgan fingerprint density at radius 3 is 2.36 bits per heavy atom. The van der Waals surface area contributed by atoms with E-state index < -0.39 is 6.61 Å². The van der Waals surface area contributed by atoms with Gasteiger partial charge in [0.25, 0.3) is 0 Å². The maximum absolute atomic E-state index is 12.0. The van der Waals surface area contributed by atoms with Gasteiger partial charge in [-0.1, -0.05) is 15.9 Å². The molecule has 1 aromatic carbocycles. The molecule has 0 radical (unpaired) electrons. The molecule has 0 aliphatic carbocycles. The molecule has 0 bridgehead atoms. The van der Waals surface area contributed by atoms with Crippen molar-refractivity contribution in [2.24, 2.45) is 0 Å². The number of halogens is 4. The number of ether oxygens (including phenoxy) is 1. The van der Waals surface area contributed by atoms with Crippen LogP contribution in [0.4, 0.5) is 8.78 Å². The number of hydrogen-bond acceptors (Lipinski definition) is 2. The predicted octanol–water partition coefficient (Wildman–Crippen LogP) is 3.31. The number of rotatable bonds is 3. The summed E-state index contributed by atoms with van der Waals surface area (Å²) in [6, 6.07) is 3.19. The van der Waals surface area contributed by atoms with Gasteiger partial charge in [0.15, 0.2) is 0 Å². The molecule has 0 aromatic heterocycles. The van der Waals surface area contributed by atoms with Gasteiger partial charge in [-0.25, -0.2) is 0 Å². The summed E-state index contributed by atoms with van der Waals surface area (Å²) in [7, 11) is 0. The smallest absolute Gasteiger partial charge is 0.387 e. The second kappa shape index (κ2) is 5.04. The Labute approximate surface area is 96.1 Å². The van der Waals surface area contributed by atoms with Crippen molar-refractivity contribution in [2.45, 2.75) is 13.2 Å². The van der Waals surface area contributed by atoms with E-state index in [2.05, 4.69) is 36.6 Å². The van der Waals surface area contributed by atoms with E-state index in [1.807, 2.05) is 0 Å². The van der Waals surface area contributed by atoms with Crippen molar-refractivity contribution in [3.05, 3.63) is 26.6 Å². The molecule has 0 spiro atoms. The third kappa shape index (κ3) is 2.65. The van der Waals surface area contributed by atoms with Crippen molar-refractivity contribution in [1.82, 2.24) is 0 Å². The summed E-state index contributed by atoms with van der Waals surface area (Å²) in [5.74, 6) is -0.0446. The second-order valence-corrected chi connectivity index (χ2v) is 4.08. The van der Waals surface area contributed by atoms with Crippen LogP contribution in [-0.2, 0) is 6.61 Å². The summed E-state index contributed by atoms with van der Waals surface area (Å²) in [5, 5.41) is 8.96. The first-order valence-corrected chi connectivity index (χ1v) is 5.17. The standard InChI is InChI=1S/C8H6Br2F2O2/c9-5-1-2-6(10)7(4(5)3-13)14-8(11)12/h1-2,8,13H,3H2. The van der Waals surface area contributed by atoms with Crippen LogP contribution >= 0.6 is 31.9 Å². The summed E-state index contributed by atoms with van der Waals surface area (Å²) in [6.45, 7) is -3.28. The molecule has 0 fully saturated rings. The van der Waals surface area contributed by atoms with Crippen LogP contribution in [0.15, 0.2) is 21.1 Å². The van der Waals surface area contributed by atoms with Crippen LogP contribution in [-0.4, -0.2) is 11.7 Å². The Morgan fingerprint density at radius 1 is 1.29 bits per heavy atom. The highest BCUT2D eigenvalue weighted by atomic mass is 79.9. The number of benzene rings is 1. The van der Waals surface area contributed by atoms with Gasteiger partial charge >= 0.3 is 6.61 Å². The zero-order valence-corrected chi connectivity index (χ0v) is 9.98. The zero-order valence-electron chi connectivity index (χ0n) is 6.81. The first-order valence-electron chi connectivity index (χ1n) is 3.58. The van der Waals surface area contributed by atoms with E-state index in [9.17, 15) is 8.78 Å². The van der Waals surface area contributed by atoms with Crippen LogP contribution in [0.1, 0.15) is 5.56 Å². The molecule has 14 heavy (non-hydrogen) atoms. The molecule has 1 N–H and O–H groups in total. The lowest BCUT2D eigenvalue weighted by Crippen LogP contribution is -2.05. The molecule has 0 atom stereocenters. The molecule has 2 nitrogen and oxygen atoms in total. The minimum absolute atomic E-state index is 0.0446. The Kier molecular flexibility index (Phi) is 4.28. The maximum Gasteiger partial charge on any atom is 0.387 e. The van der Waals surface area contributed by atoms with Crippen LogP contribution in [0.2, 0.25) is 0 Å². The third-order valence-electron chi connectivity index (χ3n) is 1.52. The van der Waals surface area contributed by atoms with Gasteiger partial charge < -0.3 is 9.84 Å². The Morgan fingerprint density at radius 2 is 1.86 bits per heavy atom. The van der Waals surface area contributed by atoms with E-state index in [1.54, 1.807) is 12.1 Å². The lowest BCUT2D eigenvalue weighted by molar-refractivity contribution is -0.0515. The average molecular weight is 332 g/mol. The highest BCUT2D eigenvalue weighted by Gasteiger charge is 2.15. The van der Waals surface area contributed by atoms with Crippen molar-refractivity contribution >= 4 is 31.9 Å². The molecule has 0 saturated carbocycles. The summed E-state index contributed by atoms with van der Waals surface area (Å²) < 4.78 is 29.2. The van der Waals surface area contributed by atoms with E-state index in [-0.39, 0.29) is 12.4 Å². The number of hydrogen-bond donors (Lipinski definition) is 1. The van der Waals surface area contributed by atoms with Crippen LogP contribution < -0.4 is 4.74 Å². The molecule has 0 heterocycles. The third-order valence-corrected chi connectivity index (χ3v) is 2.89. The Bertz CT molecular complexity index is 331. The van der Waals surface area contributed by atoms with Gasteiger partial charge in [-0.3, -0.25) is 0 Å². The SMILES string of the molecule is OCc1c(Br)ccc(Br)c1OC(F)F. The molecule has 0 unspecified atom stereocenters. The second-order valence-electron chi connectivity index (χ2n) is 2.37. The zero-order chi connectivity index (χ0) is 10.7. The van der Waals surface area contributed by atoms with Gasteiger partial charge in [0.1, 0.15) is 5.75 Å². The largest absolute Gasteiger partial charge is 0.433 e. The van der Waals surface area contributed by atoms with Crippen LogP contribution in [0.5, 0.6) is 5.75 Å². The Hall–Kier alpha value is -0.200. The first kappa shape index (κ1) is 11.9. The lowest BCUT2D eigenvalue weighted by atomic mass is 10.2. The van der Waals surface area contributed by atoms with E-state index in [1.165, 1.54) is 0 Å². The molecule has 0 aliphatic rings. The molecule has 0 aliphatic heterocycles. The van der Waals surface area contributed by atoms with Gasteiger partial charge in [-0.05, 0) is 28.1 Å². The summed E-state index contributed by atoms with van der Waals surface area (Å²) in [4.78, 5) is 0. The first-order chi connectivity index (χ1) is 6.56. The molecule has 6 heteroatoms. The van der Waals surface area contributed by atoms with Crippen molar-refractivity contribution in [3.8, 4) is 5.75 Å². The molecule has 78 valence electrons. The molecule has 1 rings (SSSR count). The van der Waals surface area contributed by atoms with Crippen molar-refractivity contribution in [3.63, 3.8) is 0 Å². The topological polar surface area (TPSA) is 29.5 Å². The van der Waals surface area contributed by atoms with E-state index in [0.29, 0.717) is 14.5 Å². The summed E-state index contributed by atoms with van der Waals surface area (Å²) in [6.07, 6.45) is 0. The maximum atomic E-state index is 12.0. The highest BCUT2D eigenvalue weighted by Crippen LogP contribution is 2.35. The fourth-order valence-corrected chi connectivity index (χ4v) is 1.84. The monoisotopic (exact) mass is 330 g/mol. The van der Waals surface area contributed by atoms with Gasteiger partial charge in [0, 0.05) is 10.0 Å². The minimum atomic E-state index is -2.91. The van der Waals surface area contributed by atoms with Crippen LogP contribution in [0.3, 0.4) is 0 Å². The fraction of sp³-hybridized carbons (Fsp3) is 0.250. The minimum Gasteiger partial charge on any atom is -0.433 e. The summed E-state index contributed by atoms with van der Waals surface area (Å²) in [5.41, 5.74) is 0.291. The average Bonchev–Trinajstić information content (AvgIpc) is 2.11. The highest BCUT2D eigenvalue weighted by molar-refractivity contribution is 9.11. The van der Waals surface area contributed by atoms with Gasteiger partial charge in [0.05, 0.1) is 11.1 Å². The molecule has 0 saturated heterocycles. The van der Waals surface area contributed by atoms with E-state index in [4.69, 9.17) is 5.11 Å². The molecule has 1 aromatic rings. The normalized spacial score (nSPS) is 10.7. The van der Waals surface area contributed by atoms with E-state index >= 15 is 0 Å². The van der Waals surface area contributed by atoms with Gasteiger partial charge in [-0.2, -0.15) is 8.78 Å². The molecule has 0 amide bonds. The quantitative estimate of drug-likeness (QED) is 0.920. The van der Waals surface area contributed by atoms with Crippen LogP contribution in [0, 0.1) is 0 Å². The number of alkyl halides is 2. The van der Waals surface area contributed by atoms with Gasteiger partial charge in [0.2, 0.25) is 0 Å². The van der Waals surface area contributed by atoms with Crippen molar-refractivity contribution < 1.29 is 18.6 Å².